The van der Waals surface area contributed by atoms with E-state index in [1.807, 2.05) is 30.0 Å². The van der Waals surface area contributed by atoms with Crippen molar-refractivity contribution >= 4 is 40.3 Å². The van der Waals surface area contributed by atoms with E-state index in [2.05, 4.69) is 16.8 Å². The van der Waals surface area contributed by atoms with Gasteiger partial charge in [-0.2, -0.15) is 13.2 Å². The largest absolute Gasteiger partial charge is 0.495 e. The van der Waals surface area contributed by atoms with Crippen LogP contribution in [0.1, 0.15) is 28.7 Å². The summed E-state index contributed by atoms with van der Waals surface area (Å²) in [6.45, 7) is 5.56. The van der Waals surface area contributed by atoms with Gasteiger partial charge in [-0.15, -0.1) is 11.3 Å². The molecule has 42 heavy (non-hydrogen) atoms. The third-order valence-electron chi connectivity index (χ3n) is 8.19. The first-order valence-electron chi connectivity index (χ1n) is 13.5. The van der Waals surface area contributed by atoms with E-state index >= 15 is 0 Å². The number of benzene rings is 1. The standard InChI is InChI=1S/C29H30F3N5O4S/c1-16-15-35(9-10-36(16)19-7-8-33-24(13-19)41-4)27-34-21-11-17(2)42-25(21)28(14-20(28)26(38)39)37(27)22-12-18(29(30,31)32)5-6-23(22)40-3/h5-8,11-13,16,20H,9-10,14-15H2,1-4H3,(H,38,39)/t16-,20?,28?/m1/s1. The summed E-state index contributed by atoms with van der Waals surface area (Å²) in [5, 5.41) is 10.2. The maximum absolute atomic E-state index is 14.0. The van der Waals surface area contributed by atoms with Gasteiger partial charge in [0.05, 0.1) is 47.5 Å². The van der Waals surface area contributed by atoms with Gasteiger partial charge in [0.15, 0.2) is 0 Å². The van der Waals surface area contributed by atoms with Crippen LogP contribution in [0.4, 0.5) is 30.2 Å². The van der Waals surface area contributed by atoms with Gasteiger partial charge in [0, 0.05) is 48.5 Å². The van der Waals surface area contributed by atoms with Gasteiger partial charge in [-0.1, -0.05) is 0 Å². The van der Waals surface area contributed by atoms with Crippen LogP contribution in [-0.4, -0.2) is 66.8 Å². The molecule has 3 atom stereocenters. The number of rotatable bonds is 5. The summed E-state index contributed by atoms with van der Waals surface area (Å²) < 4.78 is 52.8. The highest BCUT2D eigenvalue weighted by Crippen LogP contribution is 2.65. The number of anilines is 2. The fourth-order valence-corrected chi connectivity index (χ4v) is 7.36. The average molecular weight is 602 g/mol. The Balaban J connectivity index is 1.47. The van der Waals surface area contributed by atoms with Crippen molar-refractivity contribution in [1.29, 1.82) is 0 Å². The first kappa shape index (κ1) is 28.1. The van der Waals surface area contributed by atoms with Gasteiger partial charge in [0.25, 0.3) is 0 Å². The van der Waals surface area contributed by atoms with Crippen molar-refractivity contribution in [1.82, 2.24) is 9.88 Å². The zero-order valence-corrected chi connectivity index (χ0v) is 24.3. The zero-order valence-electron chi connectivity index (χ0n) is 23.5. The number of pyridine rings is 1. The number of aliphatic imine (C=N–C) groups is 1. The molecule has 13 heteroatoms. The number of carboxylic acid groups (broad SMARTS) is 1. The van der Waals surface area contributed by atoms with E-state index < -0.39 is 29.2 Å². The van der Waals surface area contributed by atoms with Crippen molar-refractivity contribution in [2.75, 3.05) is 43.7 Å². The lowest BCUT2D eigenvalue weighted by Gasteiger charge is -2.47. The van der Waals surface area contributed by atoms with E-state index in [1.54, 1.807) is 18.2 Å². The highest BCUT2D eigenvalue weighted by atomic mass is 32.1. The van der Waals surface area contributed by atoms with Crippen LogP contribution < -0.4 is 19.3 Å². The van der Waals surface area contributed by atoms with Crippen LogP contribution in [0, 0.1) is 12.8 Å². The molecule has 1 saturated heterocycles. The van der Waals surface area contributed by atoms with Gasteiger partial charge < -0.3 is 24.4 Å². The number of hydrogen-bond donors (Lipinski definition) is 1. The Morgan fingerprint density at radius 1 is 1.14 bits per heavy atom. The van der Waals surface area contributed by atoms with Crippen LogP contribution in [0.25, 0.3) is 0 Å². The van der Waals surface area contributed by atoms with E-state index in [1.165, 1.54) is 24.5 Å². The highest BCUT2D eigenvalue weighted by Gasteiger charge is 2.68. The Bertz CT molecular complexity index is 1580. The number of carbonyl (C=O) groups is 1. The number of nitrogens with zero attached hydrogens (tertiary/aromatic N) is 5. The number of hydrogen-bond acceptors (Lipinski definition) is 9. The SMILES string of the molecule is COc1cc(N2CCN(C3=Nc4cc(C)sc4C4(CC4C(=O)O)N3c3cc(C(F)(F)F)ccc3OC)C[C@H]2C)ccn1. The number of ether oxygens (including phenoxy) is 2. The Hall–Kier alpha value is -4.00. The molecule has 0 amide bonds. The number of piperazine rings is 1. The predicted molar refractivity (Wildman–Crippen MR) is 153 cm³/mol. The van der Waals surface area contributed by atoms with E-state index in [-0.39, 0.29) is 23.9 Å². The quantitative estimate of drug-likeness (QED) is 0.410. The number of guanidine groups is 1. The molecule has 2 aliphatic heterocycles. The van der Waals surface area contributed by atoms with E-state index in [0.29, 0.717) is 37.2 Å². The van der Waals surface area contributed by atoms with Crippen LogP contribution >= 0.6 is 11.3 Å². The molecule has 1 aliphatic carbocycles. The van der Waals surface area contributed by atoms with Gasteiger partial charge in [-0.3, -0.25) is 9.69 Å². The number of thiophene rings is 1. The molecular formula is C29H30F3N5O4S. The third-order valence-corrected chi connectivity index (χ3v) is 9.40. The molecule has 2 unspecified atom stereocenters. The smallest absolute Gasteiger partial charge is 0.416 e. The van der Waals surface area contributed by atoms with Crippen LogP contribution in [0.15, 0.2) is 47.6 Å². The number of halogens is 3. The van der Waals surface area contributed by atoms with Gasteiger partial charge in [-0.25, -0.2) is 9.98 Å². The van der Waals surface area contributed by atoms with E-state index in [0.717, 1.165) is 27.6 Å². The first-order valence-corrected chi connectivity index (χ1v) is 14.3. The van der Waals surface area contributed by atoms with E-state index in [4.69, 9.17) is 14.5 Å². The Morgan fingerprint density at radius 2 is 1.93 bits per heavy atom. The number of aromatic nitrogens is 1. The molecule has 2 aromatic heterocycles. The number of aryl methyl sites for hydroxylation is 1. The summed E-state index contributed by atoms with van der Waals surface area (Å²) in [7, 11) is 2.95. The fraction of sp³-hybridized carbons (Fsp3) is 0.414. The Labute approximate surface area is 244 Å². The van der Waals surface area contributed by atoms with Crippen molar-refractivity contribution in [3.63, 3.8) is 0 Å². The number of alkyl halides is 3. The topological polar surface area (TPSA) is 90.7 Å². The molecule has 0 bridgehead atoms. The minimum Gasteiger partial charge on any atom is -0.495 e. The summed E-state index contributed by atoms with van der Waals surface area (Å²) in [5.41, 5.74) is -0.199. The molecule has 1 aromatic carbocycles. The maximum atomic E-state index is 14.0. The van der Waals surface area contributed by atoms with Crippen LogP contribution in [-0.2, 0) is 16.5 Å². The molecule has 6 rings (SSSR count). The monoisotopic (exact) mass is 601 g/mol. The highest BCUT2D eigenvalue weighted by molar-refractivity contribution is 7.12. The number of aliphatic carboxylic acids is 1. The Kier molecular flexibility index (Phi) is 6.75. The summed E-state index contributed by atoms with van der Waals surface area (Å²) >= 11 is 1.43. The maximum Gasteiger partial charge on any atom is 0.416 e. The van der Waals surface area contributed by atoms with Crippen molar-refractivity contribution in [2.45, 2.75) is 38.0 Å². The molecule has 9 nitrogen and oxygen atoms in total. The normalized spacial score (nSPS) is 23.5. The second-order valence-corrected chi connectivity index (χ2v) is 12.0. The average Bonchev–Trinajstić information content (AvgIpc) is 3.57. The van der Waals surface area contributed by atoms with Crippen LogP contribution in [0.5, 0.6) is 11.6 Å². The van der Waals surface area contributed by atoms with Crippen molar-refractivity contribution < 1.29 is 32.5 Å². The molecule has 1 spiro atoms. The molecule has 3 aromatic rings. The summed E-state index contributed by atoms with van der Waals surface area (Å²) in [6.07, 6.45) is -2.68. The minimum absolute atomic E-state index is 0.0187. The lowest BCUT2D eigenvalue weighted by molar-refractivity contribution is -0.139. The van der Waals surface area contributed by atoms with Crippen molar-refractivity contribution in [3.8, 4) is 11.6 Å². The van der Waals surface area contributed by atoms with Gasteiger partial charge in [0.1, 0.15) is 5.75 Å². The molecule has 4 heterocycles. The molecular weight excluding hydrogens is 571 g/mol. The molecule has 1 N–H and O–H groups in total. The Morgan fingerprint density at radius 3 is 2.57 bits per heavy atom. The zero-order chi connectivity index (χ0) is 30.0. The molecule has 0 radical (unpaired) electrons. The van der Waals surface area contributed by atoms with Crippen molar-refractivity contribution in [2.24, 2.45) is 10.9 Å². The molecule has 1 saturated carbocycles. The number of methoxy groups -OCH3 is 2. The first-order chi connectivity index (χ1) is 20.0. The molecule has 3 aliphatic rings. The van der Waals surface area contributed by atoms with Crippen LogP contribution in [0.2, 0.25) is 0 Å². The summed E-state index contributed by atoms with van der Waals surface area (Å²) in [4.78, 5) is 29.3. The second-order valence-electron chi connectivity index (χ2n) is 10.8. The minimum atomic E-state index is -4.60. The predicted octanol–water partition coefficient (Wildman–Crippen LogP) is 5.51. The number of carboxylic acids is 1. The van der Waals surface area contributed by atoms with Gasteiger partial charge in [0.2, 0.25) is 11.8 Å². The lowest BCUT2D eigenvalue weighted by Crippen LogP contribution is -2.60. The fourth-order valence-electron chi connectivity index (χ4n) is 6.16. The number of fused-ring (bicyclic) bond motifs is 2. The second kappa shape index (κ2) is 10.1. The van der Waals surface area contributed by atoms with Crippen LogP contribution in [0.3, 0.4) is 0 Å². The van der Waals surface area contributed by atoms with E-state index in [9.17, 15) is 23.1 Å². The molecule has 222 valence electrons. The molecule has 2 fully saturated rings. The van der Waals surface area contributed by atoms with Crippen molar-refractivity contribution in [3.05, 3.63) is 57.9 Å². The third kappa shape index (κ3) is 4.50. The summed E-state index contributed by atoms with van der Waals surface area (Å²) in [6, 6.07) is 8.97. The van der Waals surface area contributed by atoms with Gasteiger partial charge in [-0.05, 0) is 50.6 Å². The summed E-state index contributed by atoms with van der Waals surface area (Å²) in [5.74, 6) is -0.715. The lowest BCUT2D eigenvalue weighted by atomic mass is 10.0. The van der Waals surface area contributed by atoms with Gasteiger partial charge >= 0.3 is 12.1 Å².